The molecule has 0 aliphatic carbocycles. The minimum Gasteiger partial charge on any atom is -0.334 e. The molecule has 10 heteroatoms. The van der Waals surface area contributed by atoms with E-state index in [0.717, 1.165) is 31.5 Å². The molecule has 2 heterocycles. The molecule has 1 aliphatic rings. The third-order valence-electron chi connectivity index (χ3n) is 3.69. The fourth-order valence-electron chi connectivity index (χ4n) is 2.48. The number of sulfonamides is 1. The highest BCUT2D eigenvalue weighted by atomic mass is 35.5. The molecule has 2 N–H and O–H groups in total. The summed E-state index contributed by atoms with van der Waals surface area (Å²) in [7, 11) is -1.25. The van der Waals surface area contributed by atoms with Crippen molar-refractivity contribution in [2.75, 3.05) is 37.7 Å². The maximum Gasteiger partial charge on any atom is 0.257 e. The largest absolute Gasteiger partial charge is 0.334 e. The number of halogens is 1. The number of nitrogens with zero attached hydrogens (tertiary/aromatic N) is 3. The Balaban J connectivity index is 0.00000208. The maximum atomic E-state index is 11.2. The summed E-state index contributed by atoms with van der Waals surface area (Å²) in [6, 6.07) is 6.90. The number of benzene rings is 1. The molecule has 0 saturated carbocycles. The zero-order chi connectivity index (χ0) is 16.4. The van der Waals surface area contributed by atoms with Crippen molar-refractivity contribution in [1.82, 2.24) is 20.4 Å². The van der Waals surface area contributed by atoms with Crippen LogP contribution in [0.15, 0.2) is 28.8 Å². The van der Waals surface area contributed by atoms with Gasteiger partial charge in [0.2, 0.25) is 10.0 Å². The van der Waals surface area contributed by atoms with Crippen LogP contribution in [0.5, 0.6) is 0 Å². The number of hydrogen-bond acceptors (Lipinski definition) is 7. The van der Waals surface area contributed by atoms with E-state index in [0.29, 0.717) is 17.4 Å². The lowest BCUT2D eigenvalue weighted by Gasteiger charge is -2.30. The van der Waals surface area contributed by atoms with Crippen LogP contribution in [-0.4, -0.2) is 56.4 Å². The lowest BCUT2D eigenvalue weighted by Crippen LogP contribution is -2.44. The van der Waals surface area contributed by atoms with Gasteiger partial charge in [0, 0.05) is 30.9 Å². The van der Waals surface area contributed by atoms with Gasteiger partial charge in [0.1, 0.15) is 0 Å². The van der Waals surface area contributed by atoms with Gasteiger partial charge in [-0.25, -0.2) is 8.42 Å². The Bertz CT molecular complexity index is 778. The van der Waals surface area contributed by atoms with E-state index in [1.807, 2.05) is 7.05 Å². The molecule has 1 fully saturated rings. The SMILES string of the molecule is CN1CCNCC1c1noc(-c2ccc(NS(C)(=O)=O)cc2)n1.Cl. The van der Waals surface area contributed by atoms with Crippen LogP contribution in [-0.2, 0) is 10.0 Å². The van der Waals surface area contributed by atoms with Gasteiger partial charge in [-0.15, -0.1) is 12.4 Å². The molecule has 0 spiro atoms. The van der Waals surface area contributed by atoms with E-state index in [4.69, 9.17) is 4.52 Å². The first kappa shape index (κ1) is 18.7. The highest BCUT2D eigenvalue weighted by Gasteiger charge is 2.25. The molecule has 1 aromatic carbocycles. The summed E-state index contributed by atoms with van der Waals surface area (Å²) in [5.74, 6) is 1.07. The third kappa shape index (κ3) is 4.44. The van der Waals surface area contributed by atoms with E-state index in [-0.39, 0.29) is 18.4 Å². The van der Waals surface area contributed by atoms with E-state index in [1.54, 1.807) is 24.3 Å². The summed E-state index contributed by atoms with van der Waals surface area (Å²) in [5.41, 5.74) is 1.24. The second-order valence-electron chi connectivity index (χ2n) is 5.61. The Kier molecular flexibility index (Phi) is 5.81. The van der Waals surface area contributed by atoms with E-state index in [2.05, 4.69) is 25.1 Å². The Morgan fingerprint density at radius 3 is 2.67 bits per heavy atom. The molecule has 1 saturated heterocycles. The Hall–Kier alpha value is -1.68. The lowest BCUT2D eigenvalue weighted by atomic mass is 10.2. The van der Waals surface area contributed by atoms with Crippen molar-refractivity contribution in [3.8, 4) is 11.5 Å². The number of likely N-dealkylation sites (N-methyl/N-ethyl adjacent to an activating group) is 1. The average Bonchev–Trinajstić information content (AvgIpc) is 2.96. The summed E-state index contributed by atoms with van der Waals surface area (Å²) >= 11 is 0. The van der Waals surface area contributed by atoms with E-state index >= 15 is 0 Å². The minimum atomic E-state index is -3.29. The molecule has 0 amide bonds. The molecule has 1 atom stereocenters. The first-order valence-corrected chi connectivity index (χ1v) is 9.14. The van der Waals surface area contributed by atoms with E-state index in [9.17, 15) is 8.42 Å². The number of anilines is 1. The second-order valence-corrected chi connectivity index (χ2v) is 7.36. The molecule has 8 nitrogen and oxygen atoms in total. The number of piperazine rings is 1. The van der Waals surface area contributed by atoms with Gasteiger partial charge in [0.15, 0.2) is 5.82 Å². The van der Waals surface area contributed by atoms with Crippen molar-refractivity contribution in [3.63, 3.8) is 0 Å². The topological polar surface area (TPSA) is 100 Å². The normalized spacial score (nSPS) is 18.8. The van der Waals surface area contributed by atoms with Crippen LogP contribution in [0.4, 0.5) is 5.69 Å². The first-order valence-electron chi connectivity index (χ1n) is 7.25. The van der Waals surface area contributed by atoms with Crippen molar-refractivity contribution < 1.29 is 12.9 Å². The molecule has 24 heavy (non-hydrogen) atoms. The standard InChI is InChI=1S/C14H19N5O3S.ClH/c1-19-8-7-15-9-12(19)13-16-14(22-17-13)10-3-5-11(6-4-10)18-23(2,20)21;/h3-6,12,15,18H,7-9H2,1-2H3;1H. The van der Waals surface area contributed by atoms with Gasteiger partial charge >= 0.3 is 0 Å². The molecule has 1 unspecified atom stereocenters. The molecule has 0 bridgehead atoms. The average molecular weight is 374 g/mol. The number of aromatic nitrogens is 2. The minimum absolute atomic E-state index is 0. The molecule has 2 aromatic rings. The Labute approximate surface area is 147 Å². The second kappa shape index (κ2) is 7.47. The highest BCUT2D eigenvalue weighted by molar-refractivity contribution is 7.92. The van der Waals surface area contributed by atoms with Gasteiger partial charge in [-0.05, 0) is 31.3 Å². The lowest BCUT2D eigenvalue weighted by molar-refractivity contribution is 0.190. The predicted molar refractivity (Wildman–Crippen MR) is 93.7 cm³/mol. The zero-order valence-corrected chi connectivity index (χ0v) is 15.0. The molecule has 1 aromatic heterocycles. The summed E-state index contributed by atoms with van der Waals surface area (Å²) in [6.45, 7) is 2.67. The van der Waals surface area contributed by atoms with Crippen LogP contribution in [0.25, 0.3) is 11.5 Å². The molecule has 3 rings (SSSR count). The van der Waals surface area contributed by atoms with Crippen LogP contribution in [0.3, 0.4) is 0 Å². The number of hydrogen-bond donors (Lipinski definition) is 2. The van der Waals surface area contributed by atoms with Gasteiger partial charge in [-0.1, -0.05) is 5.16 Å². The zero-order valence-electron chi connectivity index (χ0n) is 13.4. The third-order valence-corrected chi connectivity index (χ3v) is 4.29. The summed E-state index contributed by atoms with van der Waals surface area (Å²) < 4.78 is 30.2. The Morgan fingerprint density at radius 2 is 2.04 bits per heavy atom. The van der Waals surface area contributed by atoms with Gasteiger partial charge in [0.25, 0.3) is 5.89 Å². The van der Waals surface area contributed by atoms with Gasteiger partial charge in [0.05, 0.1) is 12.3 Å². The fraction of sp³-hybridized carbons (Fsp3) is 0.429. The van der Waals surface area contributed by atoms with Crippen molar-refractivity contribution in [1.29, 1.82) is 0 Å². The smallest absolute Gasteiger partial charge is 0.257 e. The maximum absolute atomic E-state index is 11.2. The van der Waals surface area contributed by atoms with Crippen LogP contribution in [0, 0.1) is 0 Å². The van der Waals surface area contributed by atoms with Crippen molar-refractivity contribution in [2.45, 2.75) is 6.04 Å². The van der Waals surface area contributed by atoms with Crippen molar-refractivity contribution in [2.24, 2.45) is 0 Å². The van der Waals surface area contributed by atoms with E-state index in [1.165, 1.54) is 0 Å². The quantitative estimate of drug-likeness (QED) is 0.827. The van der Waals surface area contributed by atoms with Crippen LogP contribution in [0.2, 0.25) is 0 Å². The van der Waals surface area contributed by atoms with Gasteiger partial charge in [-0.2, -0.15) is 4.98 Å². The molecular weight excluding hydrogens is 354 g/mol. The Morgan fingerprint density at radius 1 is 1.33 bits per heavy atom. The summed E-state index contributed by atoms with van der Waals surface area (Å²) in [4.78, 5) is 6.65. The molecule has 1 aliphatic heterocycles. The van der Waals surface area contributed by atoms with Crippen molar-refractivity contribution in [3.05, 3.63) is 30.1 Å². The molecular formula is C14H20ClN5O3S. The predicted octanol–water partition coefficient (Wildman–Crippen LogP) is 1.11. The van der Waals surface area contributed by atoms with Crippen LogP contribution in [0.1, 0.15) is 11.9 Å². The first-order chi connectivity index (χ1) is 10.9. The highest BCUT2D eigenvalue weighted by Crippen LogP contribution is 2.24. The monoisotopic (exact) mass is 373 g/mol. The summed E-state index contributed by atoms with van der Waals surface area (Å²) in [6.07, 6.45) is 1.11. The van der Waals surface area contributed by atoms with Crippen LogP contribution >= 0.6 is 12.4 Å². The van der Waals surface area contributed by atoms with E-state index < -0.39 is 10.0 Å². The summed E-state index contributed by atoms with van der Waals surface area (Å²) in [5, 5.41) is 7.38. The molecule has 132 valence electrons. The number of nitrogens with one attached hydrogen (secondary N) is 2. The van der Waals surface area contributed by atoms with Gasteiger partial charge < -0.3 is 9.84 Å². The fourth-order valence-corrected chi connectivity index (χ4v) is 3.04. The van der Waals surface area contributed by atoms with Crippen molar-refractivity contribution >= 4 is 28.1 Å². The van der Waals surface area contributed by atoms with Crippen LogP contribution < -0.4 is 10.0 Å². The molecule has 0 radical (unpaired) electrons. The van der Waals surface area contributed by atoms with Gasteiger partial charge in [-0.3, -0.25) is 9.62 Å². The number of rotatable bonds is 4.